The van der Waals surface area contributed by atoms with Crippen LogP contribution in [0.3, 0.4) is 0 Å². The molecular formula is C18H26N2O2. The summed E-state index contributed by atoms with van der Waals surface area (Å²) in [4.78, 5) is 24.3. The fourth-order valence-corrected chi connectivity index (χ4v) is 2.75. The highest BCUT2D eigenvalue weighted by Gasteiger charge is 2.21. The van der Waals surface area contributed by atoms with E-state index in [1.165, 1.54) is 6.42 Å². The lowest BCUT2D eigenvalue weighted by Gasteiger charge is -2.20. The van der Waals surface area contributed by atoms with E-state index in [2.05, 4.69) is 24.5 Å². The third-order valence-corrected chi connectivity index (χ3v) is 4.04. The summed E-state index contributed by atoms with van der Waals surface area (Å²) in [5, 5.41) is 5.84. The minimum Gasteiger partial charge on any atom is -0.352 e. The zero-order valence-electron chi connectivity index (χ0n) is 13.5. The maximum Gasteiger partial charge on any atom is 0.251 e. The van der Waals surface area contributed by atoms with Gasteiger partial charge in [0.25, 0.3) is 5.91 Å². The molecule has 22 heavy (non-hydrogen) atoms. The molecule has 1 saturated carbocycles. The highest BCUT2D eigenvalue weighted by atomic mass is 16.2. The number of hydrogen-bond acceptors (Lipinski definition) is 2. The summed E-state index contributed by atoms with van der Waals surface area (Å²) in [6.45, 7) is 4.76. The lowest BCUT2D eigenvalue weighted by Crippen LogP contribution is -2.27. The number of carbonyl (C=O) groups excluding carboxylic acids is 2. The van der Waals surface area contributed by atoms with Gasteiger partial charge in [-0.3, -0.25) is 9.59 Å². The zero-order valence-corrected chi connectivity index (χ0v) is 13.5. The van der Waals surface area contributed by atoms with Crippen molar-refractivity contribution in [1.29, 1.82) is 0 Å². The van der Waals surface area contributed by atoms with Crippen LogP contribution >= 0.6 is 0 Å². The highest BCUT2D eigenvalue weighted by molar-refractivity contribution is 5.97. The van der Waals surface area contributed by atoms with E-state index in [0.29, 0.717) is 23.7 Å². The molecule has 0 aliphatic heterocycles. The predicted molar refractivity (Wildman–Crippen MR) is 88.8 cm³/mol. The Morgan fingerprint density at radius 3 is 2.59 bits per heavy atom. The van der Waals surface area contributed by atoms with Crippen LogP contribution in [0, 0.1) is 11.8 Å². The molecule has 1 aliphatic rings. The number of amides is 2. The average Bonchev–Trinajstić information content (AvgIpc) is 2.53. The fourth-order valence-electron chi connectivity index (χ4n) is 2.75. The molecular weight excluding hydrogens is 276 g/mol. The predicted octanol–water partition coefficient (Wildman–Crippen LogP) is 3.59. The molecule has 0 atom stereocenters. The van der Waals surface area contributed by atoms with Gasteiger partial charge >= 0.3 is 0 Å². The second-order valence-corrected chi connectivity index (χ2v) is 6.51. The summed E-state index contributed by atoms with van der Waals surface area (Å²) in [5.41, 5.74) is 1.29. The number of hydrogen-bond donors (Lipinski definition) is 2. The molecule has 0 unspecified atom stereocenters. The van der Waals surface area contributed by atoms with E-state index >= 15 is 0 Å². The van der Waals surface area contributed by atoms with Gasteiger partial charge in [-0.05, 0) is 37.0 Å². The van der Waals surface area contributed by atoms with Gasteiger partial charge in [-0.2, -0.15) is 0 Å². The third-order valence-electron chi connectivity index (χ3n) is 4.04. The van der Waals surface area contributed by atoms with Gasteiger partial charge < -0.3 is 10.6 Å². The van der Waals surface area contributed by atoms with Crippen molar-refractivity contribution < 1.29 is 9.59 Å². The van der Waals surface area contributed by atoms with Gasteiger partial charge in [0.05, 0.1) is 0 Å². The lowest BCUT2D eigenvalue weighted by molar-refractivity contribution is -0.120. The number of anilines is 1. The van der Waals surface area contributed by atoms with Gasteiger partial charge in [-0.1, -0.05) is 39.2 Å². The van der Waals surface area contributed by atoms with Crippen LogP contribution in [0.15, 0.2) is 24.3 Å². The van der Waals surface area contributed by atoms with Crippen LogP contribution in [0.1, 0.15) is 56.3 Å². The van der Waals surface area contributed by atoms with Gasteiger partial charge in [-0.15, -0.1) is 0 Å². The Balaban J connectivity index is 1.95. The van der Waals surface area contributed by atoms with Crippen molar-refractivity contribution in [2.45, 2.75) is 46.0 Å². The molecule has 0 radical (unpaired) electrons. The topological polar surface area (TPSA) is 58.2 Å². The molecule has 0 saturated heterocycles. The Morgan fingerprint density at radius 1 is 1.18 bits per heavy atom. The van der Waals surface area contributed by atoms with Gasteiger partial charge in [-0.25, -0.2) is 0 Å². The van der Waals surface area contributed by atoms with E-state index in [-0.39, 0.29) is 17.7 Å². The van der Waals surface area contributed by atoms with Gasteiger partial charge in [0.1, 0.15) is 0 Å². The summed E-state index contributed by atoms with van der Waals surface area (Å²) in [7, 11) is 0. The smallest absolute Gasteiger partial charge is 0.251 e. The number of carbonyl (C=O) groups is 2. The molecule has 4 nitrogen and oxygen atoms in total. The maximum atomic E-state index is 12.3. The molecule has 0 bridgehead atoms. The molecule has 1 aromatic carbocycles. The van der Waals surface area contributed by atoms with E-state index in [0.717, 1.165) is 25.7 Å². The maximum absolute atomic E-state index is 12.3. The molecule has 2 rings (SSSR count). The van der Waals surface area contributed by atoms with Crippen LogP contribution < -0.4 is 10.6 Å². The molecule has 2 N–H and O–H groups in total. The fraction of sp³-hybridized carbons (Fsp3) is 0.556. The number of nitrogens with one attached hydrogen (secondary N) is 2. The Bertz CT molecular complexity index is 520. The van der Waals surface area contributed by atoms with Crippen molar-refractivity contribution in [3.05, 3.63) is 29.8 Å². The van der Waals surface area contributed by atoms with E-state index in [1.54, 1.807) is 18.2 Å². The first-order valence-corrected chi connectivity index (χ1v) is 8.25. The molecule has 4 heteroatoms. The number of benzene rings is 1. The Kier molecular flexibility index (Phi) is 5.99. The standard InChI is InChI=1S/C18H26N2O2/c1-13(2)12-19-17(21)15-9-6-10-16(11-15)20-18(22)14-7-4-3-5-8-14/h6,9-11,13-14H,3-5,7-8,12H2,1-2H3,(H,19,21)(H,20,22). The second-order valence-electron chi connectivity index (χ2n) is 6.51. The Morgan fingerprint density at radius 2 is 1.91 bits per heavy atom. The average molecular weight is 302 g/mol. The molecule has 1 aromatic rings. The van der Waals surface area contributed by atoms with E-state index in [1.807, 2.05) is 6.07 Å². The molecule has 1 aliphatic carbocycles. The summed E-state index contributed by atoms with van der Waals surface area (Å²) < 4.78 is 0. The summed E-state index contributed by atoms with van der Waals surface area (Å²) in [6, 6.07) is 7.16. The van der Waals surface area contributed by atoms with Crippen molar-refractivity contribution >= 4 is 17.5 Å². The summed E-state index contributed by atoms with van der Waals surface area (Å²) in [6.07, 6.45) is 5.45. The zero-order chi connectivity index (χ0) is 15.9. The normalized spacial score (nSPS) is 15.6. The highest BCUT2D eigenvalue weighted by Crippen LogP contribution is 2.25. The minimum atomic E-state index is -0.0949. The monoisotopic (exact) mass is 302 g/mol. The Labute approximate surface area is 132 Å². The Hall–Kier alpha value is -1.84. The van der Waals surface area contributed by atoms with Crippen LogP contribution in [0.2, 0.25) is 0 Å². The van der Waals surface area contributed by atoms with Gasteiger partial charge in [0, 0.05) is 23.7 Å². The SMILES string of the molecule is CC(C)CNC(=O)c1cccc(NC(=O)C2CCCCC2)c1. The van der Waals surface area contributed by atoms with Gasteiger partial charge in [0.15, 0.2) is 0 Å². The van der Waals surface area contributed by atoms with Gasteiger partial charge in [0.2, 0.25) is 5.91 Å². The number of rotatable bonds is 5. The van der Waals surface area contributed by atoms with E-state index < -0.39 is 0 Å². The summed E-state index contributed by atoms with van der Waals surface area (Å²) >= 11 is 0. The van der Waals surface area contributed by atoms with Crippen LogP contribution in [-0.4, -0.2) is 18.4 Å². The van der Waals surface area contributed by atoms with Crippen molar-refractivity contribution in [2.24, 2.45) is 11.8 Å². The first-order valence-electron chi connectivity index (χ1n) is 8.25. The third kappa shape index (κ3) is 4.86. The van der Waals surface area contributed by atoms with Crippen LogP contribution in [0.5, 0.6) is 0 Å². The molecule has 0 heterocycles. The molecule has 0 spiro atoms. The minimum absolute atomic E-state index is 0.0828. The van der Waals surface area contributed by atoms with Crippen molar-refractivity contribution in [1.82, 2.24) is 5.32 Å². The molecule has 120 valence electrons. The summed E-state index contributed by atoms with van der Waals surface area (Å²) in [5.74, 6) is 0.521. The molecule has 2 amide bonds. The van der Waals surface area contributed by atoms with Crippen LogP contribution in [-0.2, 0) is 4.79 Å². The molecule has 1 fully saturated rings. The van der Waals surface area contributed by atoms with E-state index in [4.69, 9.17) is 0 Å². The molecule has 0 aromatic heterocycles. The van der Waals surface area contributed by atoms with Crippen molar-refractivity contribution in [2.75, 3.05) is 11.9 Å². The van der Waals surface area contributed by atoms with E-state index in [9.17, 15) is 9.59 Å². The lowest BCUT2D eigenvalue weighted by atomic mass is 9.88. The second kappa shape index (κ2) is 7.97. The van der Waals surface area contributed by atoms with Crippen molar-refractivity contribution in [3.63, 3.8) is 0 Å². The first kappa shape index (κ1) is 16.5. The first-order chi connectivity index (χ1) is 10.6. The largest absolute Gasteiger partial charge is 0.352 e. The van der Waals surface area contributed by atoms with Crippen molar-refractivity contribution in [3.8, 4) is 0 Å². The quantitative estimate of drug-likeness (QED) is 0.873. The van der Waals surface area contributed by atoms with Crippen LogP contribution in [0.25, 0.3) is 0 Å². The van der Waals surface area contributed by atoms with Crippen LogP contribution in [0.4, 0.5) is 5.69 Å².